The first-order valence-electron chi connectivity index (χ1n) is 6.58. The lowest BCUT2D eigenvalue weighted by molar-refractivity contribution is 0.0967. The van der Waals surface area contributed by atoms with Crippen molar-refractivity contribution in [1.29, 1.82) is 0 Å². The Balaban J connectivity index is 2.03. The summed E-state index contributed by atoms with van der Waals surface area (Å²) in [5, 5.41) is 14.4. The van der Waals surface area contributed by atoms with Crippen LogP contribution in [-0.4, -0.2) is 25.8 Å². The van der Waals surface area contributed by atoms with Gasteiger partial charge in [-0.15, -0.1) is 0 Å². The summed E-state index contributed by atoms with van der Waals surface area (Å²) in [6.45, 7) is 3.29. The molecular weight excluding hydrogens is 348 g/mol. The second kappa shape index (κ2) is 5.42. The van der Waals surface area contributed by atoms with Gasteiger partial charge in [-0.05, 0) is 37.4 Å². The van der Waals surface area contributed by atoms with Crippen LogP contribution < -0.4 is 5.32 Å². The fourth-order valence-electron chi connectivity index (χ4n) is 2.33. The van der Waals surface area contributed by atoms with Crippen LogP contribution in [0.15, 0.2) is 34.9 Å². The SMILES string of the molecule is Cc1nc(C)n(O)c1C(=O)Nc1nccc2ccc(Br)cc12. The van der Waals surface area contributed by atoms with E-state index in [4.69, 9.17) is 0 Å². The Morgan fingerprint density at radius 1 is 1.32 bits per heavy atom. The molecule has 6 nitrogen and oxygen atoms in total. The molecule has 0 saturated carbocycles. The molecule has 2 heterocycles. The van der Waals surface area contributed by atoms with Gasteiger partial charge in [0.25, 0.3) is 5.91 Å². The van der Waals surface area contributed by atoms with E-state index < -0.39 is 5.91 Å². The van der Waals surface area contributed by atoms with Gasteiger partial charge in [-0.25, -0.2) is 9.97 Å². The van der Waals surface area contributed by atoms with E-state index in [1.54, 1.807) is 20.0 Å². The van der Waals surface area contributed by atoms with Gasteiger partial charge in [-0.2, -0.15) is 4.73 Å². The molecule has 0 bridgehead atoms. The molecule has 3 rings (SSSR count). The highest BCUT2D eigenvalue weighted by molar-refractivity contribution is 9.10. The summed E-state index contributed by atoms with van der Waals surface area (Å²) in [6.07, 6.45) is 1.63. The third-order valence-corrected chi connectivity index (χ3v) is 3.86. The van der Waals surface area contributed by atoms with Gasteiger partial charge in [0.15, 0.2) is 5.69 Å². The van der Waals surface area contributed by atoms with E-state index in [-0.39, 0.29) is 5.69 Å². The molecule has 112 valence electrons. The largest absolute Gasteiger partial charge is 0.426 e. The number of aryl methyl sites for hydroxylation is 2. The minimum absolute atomic E-state index is 0.103. The van der Waals surface area contributed by atoms with Crippen LogP contribution in [0.1, 0.15) is 22.0 Å². The predicted octanol–water partition coefficient (Wildman–Crippen LogP) is 3.30. The van der Waals surface area contributed by atoms with Crippen molar-refractivity contribution in [2.75, 3.05) is 5.32 Å². The number of fused-ring (bicyclic) bond motifs is 1. The maximum absolute atomic E-state index is 12.4. The molecule has 0 spiro atoms. The number of hydrogen-bond donors (Lipinski definition) is 2. The van der Waals surface area contributed by atoms with E-state index >= 15 is 0 Å². The molecule has 22 heavy (non-hydrogen) atoms. The zero-order valence-corrected chi connectivity index (χ0v) is 13.5. The normalized spacial score (nSPS) is 10.9. The minimum Gasteiger partial charge on any atom is -0.426 e. The number of imidazole rings is 1. The lowest BCUT2D eigenvalue weighted by atomic mass is 10.1. The topological polar surface area (TPSA) is 80.0 Å². The highest BCUT2D eigenvalue weighted by Gasteiger charge is 2.20. The first-order valence-corrected chi connectivity index (χ1v) is 7.37. The Kier molecular flexibility index (Phi) is 3.58. The van der Waals surface area contributed by atoms with Gasteiger partial charge >= 0.3 is 0 Å². The average molecular weight is 361 g/mol. The molecule has 0 aliphatic rings. The lowest BCUT2D eigenvalue weighted by Gasteiger charge is -2.08. The third kappa shape index (κ3) is 2.43. The first-order chi connectivity index (χ1) is 10.5. The van der Waals surface area contributed by atoms with Crippen molar-refractivity contribution in [3.05, 3.63) is 52.1 Å². The third-order valence-electron chi connectivity index (χ3n) is 3.37. The van der Waals surface area contributed by atoms with Crippen LogP contribution in [0.2, 0.25) is 0 Å². The molecular formula is C15H13BrN4O2. The van der Waals surface area contributed by atoms with Gasteiger partial charge in [0.2, 0.25) is 0 Å². The number of rotatable bonds is 2. The van der Waals surface area contributed by atoms with Gasteiger partial charge in [0.05, 0.1) is 5.69 Å². The summed E-state index contributed by atoms with van der Waals surface area (Å²) >= 11 is 3.41. The second-order valence-electron chi connectivity index (χ2n) is 4.88. The maximum Gasteiger partial charge on any atom is 0.278 e. The molecule has 0 aliphatic heterocycles. The molecule has 1 amide bonds. The van der Waals surface area contributed by atoms with Gasteiger partial charge in [-0.1, -0.05) is 22.0 Å². The van der Waals surface area contributed by atoms with Crippen molar-refractivity contribution in [1.82, 2.24) is 14.7 Å². The second-order valence-corrected chi connectivity index (χ2v) is 5.80. The number of carbonyl (C=O) groups excluding carboxylic acids is 1. The fraction of sp³-hybridized carbons (Fsp3) is 0.133. The average Bonchev–Trinajstić information content (AvgIpc) is 2.72. The number of carbonyl (C=O) groups is 1. The lowest BCUT2D eigenvalue weighted by Crippen LogP contribution is -2.18. The number of amides is 1. The number of aromatic nitrogens is 3. The molecule has 7 heteroatoms. The molecule has 0 unspecified atom stereocenters. The molecule has 0 fully saturated rings. The summed E-state index contributed by atoms with van der Waals surface area (Å²) in [5.41, 5.74) is 0.560. The summed E-state index contributed by atoms with van der Waals surface area (Å²) in [7, 11) is 0. The zero-order valence-electron chi connectivity index (χ0n) is 12.0. The quantitative estimate of drug-likeness (QED) is 0.687. The van der Waals surface area contributed by atoms with Crippen LogP contribution in [0.4, 0.5) is 5.82 Å². The fourth-order valence-corrected chi connectivity index (χ4v) is 2.69. The summed E-state index contributed by atoms with van der Waals surface area (Å²) < 4.78 is 1.67. The Hall–Kier alpha value is -2.41. The summed E-state index contributed by atoms with van der Waals surface area (Å²) in [6, 6.07) is 7.60. The van der Waals surface area contributed by atoms with Gasteiger partial charge in [-0.3, -0.25) is 4.79 Å². The Bertz CT molecular complexity index is 889. The highest BCUT2D eigenvalue weighted by atomic mass is 79.9. The standard InChI is InChI=1S/C15H13BrN4O2/c1-8-13(20(22)9(2)18-8)15(21)19-14-12-7-11(16)4-3-10(12)5-6-17-14/h3-7,22H,1-2H3,(H,17,19,21). The van der Waals surface area contributed by atoms with E-state index in [0.29, 0.717) is 17.3 Å². The molecule has 1 aromatic carbocycles. The van der Waals surface area contributed by atoms with Gasteiger partial charge < -0.3 is 10.5 Å². The number of nitrogens with zero attached hydrogens (tertiary/aromatic N) is 3. The van der Waals surface area contributed by atoms with Crippen molar-refractivity contribution in [2.45, 2.75) is 13.8 Å². The van der Waals surface area contributed by atoms with Crippen molar-refractivity contribution in [3.8, 4) is 0 Å². The van der Waals surface area contributed by atoms with Crippen LogP contribution in [-0.2, 0) is 0 Å². The molecule has 2 aromatic heterocycles. The van der Waals surface area contributed by atoms with Crippen molar-refractivity contribution in [3.63, 3.8) is 0 Å². The number of pyridine rings is 1. The van der Waals surface area contributed by atoms with Crippen LogP contribution in [0.25, 0.3) is 10.8 Å². The Morgan fingerprint density at radius 2 is 2.09 bits per heavy atom. The molecule has 0 atom stereocenters. The predicted molar refractivity (Wildman–Crippen MR) is 86.3 cm³/mol. The maximum atomic E-state index is 12.4. The van der Waals surface area contributed by atoms with Crippen LogP contribution >= 0.6 is 15.9 Å². The zero-order chi connectivity index (χ0) is 15.9. The van der Waals surface area contributed by atoms with Gasteiger partial charge in [0, 0.05) is 16.1 Å². The van der Waals surface area contributed by atoms with E-state index in [0.717, 1.165) is 20.0 Å². The van der Waals surface area contributed by atoms with E-state index in [2.05, 4.69) is 31.2 Å². The van der Waals surface area contributed by atoms with Crippen LogP contribution in [0, 0.1) is 13.8 Å². The summed E-state index contributed by atoms with van der Waals surface area (Å²) in [5.74, 6) is 0.332. The summed E-state index contributed by atoms with van der Waals surface area (Å²) in [4.78, 5) is 20.7. The monoisotopic (exact) mass is 360 g/mol. The number of halogens is 1. The van der Waals surface area contributed by atoms with E-state index in [1.165, 1.54) is 0 Å². The number of anilines is 1. The smallest absolute Gasteiger partial charge is 0.278 e. The Morgan fingerprint density at radius 3 is 2.77 bits per heavy atom. The van der Waals surface area contributed by atoms with Crippen LogP contribution in [0.3, 0.4) is 0 Å². The van der Waals surface area contributed by atoms with E-state index in [1.807, 2.05) is 24.3 Å². The van der Waals surface area contributed by atoms with Crippen molar-refractivity contribution < 1.29 is 10.0 Å². The number of nitrogens with one attached hydrogen (secondary N) is 1. The minimum atomic E-state index is -0.458. The number of hydrogen-bond acceptors (Lipinski definition) is 4. The molecule has 0 radical (unpaired) electrons. The van der Waals surface area contributed by atoms with Crippen molar-refractivity contribution in [2.24, 2.45) is 0 Å². The highest BCUT2D eigenvalue weighted by Crippen LogP contribution is 2.25. The van der Waals surface area contributed by atoms with E-state index in [9.17, 15) is 10.0 Å². The van der Waals surface area contributed by atoms with Gasteiger partial charge in [0.1, 0.15) is 11.6 Å². The van der Waals surface area contributed by atoms with Crippen molar-refractivity contribution >= 4 is 38.4 Å². The molecule has 2 N–H and O–H groups in total. The molecule has 0 saturated heterocycles. The van der Waals surface area contributed by atoms with Crippen LogP contribution in [0.5, 0.6) is 0 Å². The first kappa shape index (κ1) is 14.5. The molecule has 0 aliphatic carbocycles. The molecule has 3 aromatic rings. The Labute approximate surface area is 134 Å². The number of benzene rings is 1.